The number of hydrogen-bond donors (Lipinski definition) is 1. The quantitative estimate of drug-likeness (QED) is 0.874. The van der Waals surface area contributed by atoms with Crippen molar-refractivity contribution >= 4 is 32.9 Å². The lowest BCUT2D eigenvalue weighted by atomic mass is 10.2. The highest BCUT2D eigenvalue weighted by atomic mass is 32.1. The molecule has 2 aromatic heterocycles. The fourth-order valence-electron chi connectivity index (χ4n) is 2.02. The predicted octanol–water partition coefficient (Wildman–Crippen LogP) is 4.03. The van der Waals surface area contributed by atoms with E-state index in [1.807, 2.05) is 0 Å². The molecule has 0 radical (unpaired) electrons. The Kier molecular flexibility index (Phi) is 3.94. The Morgan fingerprint density at radius 1 is 1.35 bits per heavy atom. The van der Waals surface area contributed by atoms with Crippen molar-refractivity contribution in [3.8, 4) is 10.6 Å². The summed E-state index contributed by atoms with van der Waals surface area (Å²) in [5.74, 6) is 0.656. The van der Waals surface area contributed by atoms with Gasteiger partial charge in [-0.1, -0.05) is 18.3 Å². The summed E-state index contributed by atoms with van der Waals surface area (Å²) in [6.07, 6.45) is 3.66. The molecular weight excluding hydrogens is 288 g/mol. The van der Waals surface area contributed by atoms with Crippen LogP contribution in [0, 0.1) is 0 Å². The smallest absolute Gasteiger partial charge is 0.185 e. The van der Waals surface area contributed by atoms with Crippen LogP contribution in [0.5, 0.6) is 0 Å². The number of hydrogen-bond acceptors (Lipinski definition) is 6. The highest BCUT2D eigenvalue weighted by Crippen LogP contribution is 2.47. The minimum Gasteiger partial charge on any atom is -0.362 e. The van der Waals surface area contributed by atoms with Crippen molar-refractivity contribution in [1.29, 1.82) is 0 Å². The van der Waals surface area contributed by atoms with Crippen molar-refractivity contribution in [3.05, 3.63) is 11.1 Å². The molecule has 0 bridgehead atoms. The summed E-state index contributed by atoms with van der Waals surface area (Å²) in [7, 11) is 4.10. The number of anilines is 2. The second-order valence-corrected chi connectivity index (χ2v) is 7.18. The summed E-state index contributed by atoms with van der Waals surface area (Å²) in [4.78, 5) is 12.9. The highest BCUT2D eigenvalue weighted by molar-refractivity contribution is 7.19. The van der Waals surface area contributed by atoms with Gasteiger partial charge in [-0.05, 0) is 19.3 Å². The Balaban J connectivity index is 1.90. The van der Waals surface area contributed by atoms with Crippen molar-refractivity contribution in [2.75, 3.05) is 30.9 Å². The van der Waals surface area contributed by atoms with E-state index in [0.29, 0.717) is 5.92 Å². The van der Waals surface area contributed by atoms with Gasteiger partial charge in [-0.15, -0.1) is 11.3 Å². The molecule has 0 unspecified atom stereocenters. The van der Waals surface area contributed by atoms with Crippen molar-refractivity contribution < 1.29 is 0 Å². The van der Waals surface area contributed by atoms with Crippen LogP contribution in [0.4, 0.5) is 10.3 Å². The summed E-state index contributed by atoms with van der Waals surface area (Å²) in [6.45, 7) is 3.15. The van der Waals surface area contributed by atoms with Gasteiger partial charge in [0.15, 0.2) is 10.3 Å². The molecular formula is C14H20N4S2. The van der Waals surface area contributed by atoms with Crippen LogP contribution < -0.4 is 10.2 Å². The zero-order valence-corrected chi connectivity index (χ0v) is 13.8. The minimum atomic E-state index is 0.656. The van der Waals surface area contributed by atoms with Gasteiger partial charge in [0.05, 0.1) is 16.3 Å². The van der Waals surface area contributed by atoms with Crippen LogP contribution in [0.3, 0.4) is 0 Å². The number of nitrogens with one attached hydrogen (secondary N) is 1. The second-order valence-electron chi connectivity index (χ2n) is 5.34. The van der Waals surface area contributed by atoms with E-state index >= 15 is 0 Å². The van der Waals surface area contributed by atoms with Crippen molar-refractivity contribution in [2.45, 2.75) is 32.1 Å². The van der Waals surface area contributed by atoms with Gasteiger partial charge in [0.25, 0.3) is 0 Å². The van der Waals surface area contributed by atoms with Crippen LogP contribution in [0.1, 0.15) is 37.8 Å². The molecule has 1 fully saturated rings. The van der Waals surface area contributed by atoms with E-state index in [1.165, 1.54) is 23.4 Å². The molecule has 1 aliphatic carbocycles. The van der Waals surface area contributed by atoms with Crippen LogP contribution in [-0.2, 0) is 0 Å². The van der Waals surface area contributed by atoms with Crippen molar-refractivity contribution in [2.24, 2.45) is 0 Å². The third kappa shape index (κ3) is 2.81. The lowest BCUT2D eigenvalue weighted by molar-refractivity contribution is 0.976. The lowest BCUT2D eigenvalue weighted by Gasteiger charge is -2.05. The zero-order chi connectivity index (χ0) is 14.1. The zero-order valence-electron chi connectivity index (χ0n) is 12.1. The Morgan fingerprint density at radius 3 is 2.80 bits per heavy atom. The third-order valence-corrected chi connectivity index (χ3v) is 5.31. The topological polar surface area (TPSA) is 41.1 Å². The lowest BCUT2D eigenvalue weighted by Crippen LogP contribution is -2.07. The Hall–Kier alpha value is -1.14. The van der Waals surface area contributed by atoms with Crippen LogP contribution in [-0.4, -0.2) is 30.6 Å². The standard InChI is InChI=1S/C14H20N4S2/c1-4-7-15-13-16-10(8-19-13)12-11(9-5-6-9)17-14(20-12)18(2)3/h8-9H,4-7H2,1-3H3,(H,15,16). The number of thiazole rings is 2. The fraction of sp³-hybridized carbons (Fsp3) is 0.571. The van der Waals surface area contributed by atoms with Gasteiger partial charge < -0.3 is 10.2 Å². The molecule has 0 aliphatic heterocycles. The van der Waals surface area contributed by atoms with E-state index in [4.69, 9.17) is 9.97 Å². The molecule has 2 heterocycles. The Morgan fingerprint density at radius 2 is 2.15 bits per heavy atom. The summed E-state index contributed by atoms with van der Waals surface area (Å²) in [5.41, 5.74) is 2.34. The fourth-order valence-corrected chi connectivity index (χ4v) is 3.86. The van der Waals surface area contributed by atoms with Crippen molar-refractivity contribution in [1.82, 2.24) is 9.97 Å². The van der Waals surface area contributed by atoms with Crippen LogP contribution in [0.25, 0.3) is 10.6 Å². The summed E-state index contributed by atoms with van der Waals surface area (Å²) in [6, 6.07) is 0. The largest absolute Gasteiger partial charge is 0.362 e. The molecule has 0 aromatic carbocycles. The maximum absolute atomic E-state index is 4.81. The molecule has 20 heavy (non-hydrogen) atoms. The maximum atomic E-state index is 4.81. The molecule has 1 saturated carbocycles. The van der Waals surface area contributed by atoms with E-state index < -0.39 is 0 Å². The number of aromatic nitrogens is 2. The first-order valence-corrected chi connectivity index (χ1v) is 8.76. The minimum absolute atomic E-state index is 0.656. The van der Waals surface area contributed by atoms with E-state index in [0.717, 1.165) is 28.9 Å². The summed E-state index contributed by atoms with van der Waals surface area (Å²) in [5, 5.41) is 7.61. The number of nitrogens with zero attached hydrogens (tertiary/aromatic N) is 3. The SMILES string of the molecule is CCCNc1nc(-c2sc(N(C)C)nc2C2CC2)cs1. The molecule has 3 rings (SSSR count). The van der Waals surface area contributed by atoms with Gasteiger partial charge in [0.2, 0.25) is 0 Å². The molecule has 0 atom stereocenters. The third-order valence-electron chi connectivity index (χ3n) is 3.25. The van der Waals surface area contributed by atoms with Crippen LogP contribution >= 0.6 is 22.7 Å². The molecule has 0 spiro atoms. The van der Waals surface area contributed by atoms with Gasteiger partial charge in [-0.3, -0.25) is 0 Å². The van der Waals surface area contributed by atoms with Gasteiger partial charge in [-0.2, -0.15) is 0 Å². The average molecular weight is 308 g/mol. The first-order valence-electron chi connectivity index (χ1n) is 7.07. The number of rotatable bonds is 6. The second kappa shape index (κ2) is 5.69. The summed E-state index contributed by atoms with van der Waals surface area (Å²) >= 11 is 3.44. The Labute approximate surface area is 127 Å². The monoisotopic (exact) mass is 308 g/mol. The van der Waals surface area contributed by atoms with Gasteiger partial charge in [0.1, 0.15) is 0 Å². The van der Waals surface area contributed by atoms with Gasteiger partial charge in [-0.25, -0.2) is 9.97 Å². The van der Waals surface area contributed by atoms with Crippen molar-refractivity contribution in [3.63, 3.8) is 0 Å². The predicted molar refractivity (Wildman–Crippen MR) is 88.3 cm³/mol. The maximum Gasteiger partial charge on any atom is 0.185 e. The summed E-state index contributed by atoms with van der Waals surface area (Å²) < 4.78 is 0. The molecule has 4 nitrogen and oxygen atoms in total. The van der Waals surface area contributed by atoms with Crippen LogP contribution in [0.2, 0.25) is 0 Å². The van der Waals surface area contributed by atoms with E-state index in [1.54, 1.807) is 22.7 Å². The highest BCUT2D eigenvalue weighted by Gasteiger charge is 2.31. The van der Waals surface area contributed by atoms with E-state index in [-0.39, 0.29) is 0 Å². The molecule has 1 aliphatic rings. The molecule has 108 valence electrons. The Bertz CT molecular complexity index is 584. The van der Waals surface area contributed by atoms with Gasteiger partial charge in [0, 0.05) is 31.9 Å². The molecule has 0 amide bonds. The molecule has 6 heteroatoms. The van der Waals surface area contributed by atoms with Gasteiger partial charge >= 0.3 is 0 Å². The first-order chi connectivity index (χ1) is 9.69. The normalized spacial score (nSPS) is 14.6. The van der Waals surface area contributed by atoms with Crippen LogP contribution in [0.15, 0.2) is 5.38 Å². The molecule has 2 aromatic rings. The van der Waals surface area contributed by atoms with E-state index in [2.05, 4.69) is 36.6 Å². The molecule has 0 saturated heterocycles. The average Bonchev–Trinajstić information content (AvgIpc) is 3.01. The first kappa shape index (κ1) is 13.8. The molecule has 1 N–H and O–H groups in total. The van der Waals surface area contributed by atoms with E-state index in [9.17, 15) is 0 Å².